The van der Waals surface area contributed by atoms with Gasteiger partial charge in [-0.05, 0) is 49.3 Å². The monoisotopic (exact) mass is 368 g/mol. The molecule has 0 radical (unpaired) electrons. The van der Waals surface area contributed by atoms with Crippen molar-refractivity contribution in [3.63, 3.8) is 0 Å². The van der Waals surface area contributed by atoms with E-state index in [-0.39, 0.29) is 5.56 Å². The van der Waals surface area contributed by atoms with Gasteiger partial charge in [-0.25, -0.2) is 4.98 Å². The number of hydrogen-bond donors (Lipinski definition) is 0. The lowest BCUT2D eigenvalue weighted by Gasteiger charge is -2.21. The largest absolute Gasteiger partial charge is 0.440 e. The van der Waals surface area contributed by atoms with Crippen LogP contribution in [0.1, 0.15) is 49.1 Å². The van der Waals surface area contributed by atoms with Crippen molar-refractivity contribution >= 4 is 22.9 Å². The molecule has 0 N–H and O–H groups in total. The Bertz CT molecular complexity index is 989. The van der Waals surface area contributed by atoms with Gasteiger partial charge in [-0.2, -0.15) is 11.8 Å². The molecular weight excluding hydrogens is 344 g/mol. The van der Waals surface area contributed by atoms with E-state index < -0.39 is 0 Å². The quantitative estimate of drug-likeness (QED) is 0.634. The minimum atomic E-state index is 0.0374. The minimum Gasteiger partial charge on any atom is -0.440 e. The third-order valence-electron chi connectivity index (χ3n) is 5.17. The predicted molar refractivity (Wildman–Crippen MR) is 108 cm³/mol. The van der Waals surface area contributed by atoms with E-state index in [4.69, 9.17) is 9.40 Å². The highest BCUT2D eigenvalue weighted by Gasteiger charge is 2.26. The van der Waals surface area contributed by atoms with Gasteiger partial charge in [-0.15, -0.1) is 0 Å². The highest BCUT2D eigenvalue weighted by atomic mass is 32.2. The third-order valence-corrected chi connectivity index (χ3v) is 6.11. The van der Waals surface area contributed by atoms with Gasteiger partial charge in [0, 0.05) is 41.6 Å². The molecule has 4 rings (SSSR count). The SMILES string of the molecule is CCSCc1cc(-c2cc(C)c(=O)n(C)c2)c2oc(C3CCC3)nc2c1. The molecule has 0 spiro atoms. The second-order valence-corrected chi connectivity index (χ2v) is 8.41. The highest BCUT2D eigenvalue weighted by molar-refractivity contribution is 7.98. The van der Waals surface area contributed by atoms with Gasteiger partial charge < -0.3 is 8.98 Å². The fraction of sp³-hybridized carbons (Fsp3) is 0.429. The van der Waals surface area contributed by atoms with Crippen LogP contribution in [0.4, 0.5) is 0 Å². The van der Waals surface area contributed by atoms with Crippen LogP contribution in [0.2, 0.25) is 0 Å². The predicted octanol–water partition coefficient (Wildman–Crippen LogP) is 5.02. The zero-order chi connectivity index (χ0) is 18.3. The Labute approximate surface area is 157 Å². The summed E-state index contributed by atoms with van der Waals surface area (Å²) in [4.78, 5) is 16.9. The smallest absolute Gasteiger partial charge is 0.253 e. The van der Waals surface area contributed by atoms with Gasteiger partial charge in [0.05, 0.1) is 0 Å². The Hall–Kier alpha value is -2.01. The van der Waals surface area contributed by atoms with Gasteiger partial charge in [0.25, 0.3) is 5.56 Å². The molecule has 4 nitrogen and oxygen atoms in total. The molecule has 1 aromatic carbocycles. The molecule has 0 aliphatic heterocycles. The summed E-state index contributed by atoms with van der Waals surface area (Å²) in [6.45, 7) is 4.03. The van der Waals surface area contributed by atoms with Gasteiger partial charge in [-0.3, -0.25) is 4.79 Å². The first-order valence-electron chi connectivity index (χ1n) is 9.25. The van der Waals surface area contributed by atoms with E-state index in [1.807, 2.05) is 30.9 Å². The van der Waals surface area contributed by atoms with E-state index in [1.165, 1.54) is 24.8 Å². The van der Waals surface area contributed by atoms with Crippen molar-refractivity contribution < 1.29 is 4.42 Å². The Morgan fingerprint density at radius 3 is 2.77 bits per heavy atom. The van der Waals surface area contributed by atoms with Crippen LogP contribution in [-0.2, 0) is 12.8 Å². The first-order valence-corrected chi connectivity index (χ1v) is 10.4. The zero-order valence-electron chi connectivity index (χ0n) is 15.5. The fourth-order valence-corrected chi connectivity index (χ4v) is 4.09. The Kier molecular flexibility index (Phi) is 4.65. The molecule has 1 fully saturated rings. The number of fused-ring (bicyclic) bond motifs is 1. The van der Waals surface area contributed by atoms with Crippen LogP contribution in [0.5, 0.6) is 0 Å². The average Bonchev–Trinajstić information content (AvgIpc) is 2.98. The molecular formula is C21H24N2O2S. The lowest BCUT2D eigenvalue weighted by Crippen LogP contribution is -2.18. The first kappa shape index (κ1) is 17.4. The number of thioether (sulfide) groups is 1. The standard InChI is InChI=1S/C21H24N2O2S/c1-4-26-12-14-9-17(16-8-13(2)21(24)23(3)11-16)19-18(10-14)22-20(25-19)15-6-5-7-15/h8-11,15H,4-7,12H2,1-3H3. The Balaban J connectivity index is 1.90. The van der Waals surface area contributed by atoms with Gasteiger partial charge in [-0.1, -0.05) is 13.3 Å². The Morgan fingerprint density at radius 1 is 1.31 bits per heavy atom. The summed E-state index contributed by atoms with van der Waals surface area (Å²) in [6.07, 6.45) is 5.49. The second-order valence-electron chi connectivity index (χ2n) is 7.14. The number of rotatable bonds is 5. The average molecular weight is 369 g/mol. The van der Waals surface area contributed by atoms with Crippen molar-refractivity contribution in [1.82, 2.24) is 9.55 Å². The molecule has 2 aromatic heterocycles. The molecule has 3 aromatic rings. The van der Waals surface area contributed by atoms with Crippen LogP contribution in [-0.4, -0.2) is 15.3 Å². The van der Waals surface area contributed by atoms with Crippen molar-refractivity contribution in [2.75, 3.05) is 5.75 Å². The Morgan fingerprint density at radius 2 is 2.12 bits per heavy atom. The number of nitrogens with zero attached hydrogens (tertiary/aromatic N) is 2. The van der Waals surface area contributed by atoms with Crippen molar-refractivity contribution in [3.8, 4) is 11.1 Å². The van der Waals surface area contributed by atoms with E-state index in [0.29, 0.717) is 5.92 Å². The van der Waals surface area contributed by atoms with Gasteiger partial charge in [0.1, 0.15) is 5.52 Å². The maximum absolute atomic E-state index is 12.1. The third kappa shape index (κ3) is 3.09. The molecule has 0 amide bonds. The molecule has 1 aliphatic rings. The van der Waals surface area contributed by atoms with E-state index in [1.54, 1.807) is 11.6 Å². The van der Waals surface area contributed by atoms with Crippen LogP contribution in [0.3, 0.4) is 0 Å². The summed E-state index contributed by atoms with van der Waals surface area (Å²) in [5.41, 5.74) is 5.85. The van der Waals surface area contributed by atoms with E-state index in [2.05, 4.69) is 19.1 Å². The van der Waals surface area contributed by atoms with Crippen LogP contribution in [0.15, 0.2) is 33.6 Å². The molecule has 1 aliphatic carbocycles. The summed E-state index contributed by atoms with van der Waals surface area (Å²) in [5.74, 6) is 3.37. The van der Waals surface area contributed by atoms with E-state index >= 15 is 0 Å². The number of hydrogen-bond acceptors (Lipinski definition) is 4. The first-order chi connectivity index (χ1) is 12.6. The fourth-order valence-electron chi connectivity index (χ4n) is 3.48. The van der Waals surface area contributed by atoms with Crippen LogP contribution < -0.4 is 5.56 Å². The summed E-state index contributed by atoms with van der Waals surface area (Å²) >= 11 is 1.90. The molecule has 0 atom stereocenters. The van der Waals surface area contributed by atoms with Crippen molar-refractivity contribution in [2.24, 2.45) is 7.05 Å². The number of pyridine rings is 1. The molecule has 2 heterocycles. The van der Waals surface area contributed by atoms with Gasteiger partial charge in [0.2, 0.25) is 0 Å². The molecule has 0 saturated heterocycles. The molecule has 0 bridgehead atoms. The molecule has 0 unspecified atom stereocenters. The van der Waals surface area contributed by atoms with Gasteiger partial charge >= 0.3 is 0 Å². The number of oxazole rings is 1. The summed E-state index contributed by atoms with van der Waals surface area (Å²) in [6, 6.07) is 6.31. The lowest BCUT2D eigenvalue weighted by atomic mass is 9.85. The zero-order valence-corrected chi connectivity index (χ0v) is 16.4. The van der Waals surface area contributed by atoms with Crippen molar-refractivity contribution in [1.29, 1.82) is 0 Å². The normalized spacial score (nSPS) is 14.7. The lowest BCUT2D eigenvalue weighted by molar-refractivity contribution is 0.344. The summed E-state index contributed by atoms with van der Waals surface area (Å²) in [5, 5.41) is 0. The maximum Gasteiger partial charge on any atom is 0.253 e. The van der Waals surface area contributed by atoms with Crippen molar-refractivity contribution in [2.45, 2.75) is 44.8 Å². The van der Waals surface area contributed by atoms with Crippen molar-refractivity contribution in [3.05, 3.63) is 51.8 Å². The number of aromatic nitrogens is 2. The highest BCUT2D eigenvalue weighted by Crippen LogP contribution is 2.39. The minimum absolute atomic E-state index is 0.0374. The van der Waals surface area contributed by atoms with Crippen LogP contribution >= 0.6 is 11.8 Å². The molecule has 26 heavy (non-hydrogen) atoms. The maximum atomic E-state index is 12.1. The number of benzene rings is 1. The summed E-state index contributed by atoms with van der Waals surface area (Å²) in [7, 11) is 1.80. The van der Waals surface area contributed by atoms with Crippen LogP contribution in [0.25, 0.3) is 22.2 Å². The molecule has 1 saturated carbocycles. The van der Waals surface area contributed by atoms with Gasteiger partial charge in [0.15, 0.2) is 11.5 Å². The second kappa shape index (κ2) is 6.95. The summed E-state index contributed by atoms with van der Waals surface area (Å²) < 4.78 is 7.87. The molecule has 136 valence electrons. The van der Waals surface area contributed by atoms with Crippen LogP contribution in [0, 0.1) is 6.92 Å². The number of aryl methyl sites for hydroxylation is 2. The van der Waals surface area contributed by atoms with E-state index in [9.17, 15) is 4.79 Å². The van der Waals surface area contributed by atoms with E-state index in [0.717, 1.165) is 45.2 Å². The molecule has 5 heteroatoms. The topological polar surface area (TPSA) is 48.0 Å².